The Kier molecular flexibility index (Phi) is 12.8. The maximum Gasteiger partial charge on any atom is 0.302 e. The van der Waals surface area contributed by atoms with Gasteiger partial charge < -0.3 is 4.74 Å². The Bertz CT molecular complexity index is 250. The van der Waals surface area contributed by atoms with Crippen molar-refractivity contribution in [3.8, 4) is 0 Å². The number of carbonyl (C=O) groups is 1. The van der Waals surface area contributed by atoms with Crippen molar-refractivity contribution in [1.82, 2.24) is 0 Å². The monoisotopic (exact) mass is 298 g/mol. The lowest BCUT2D eigenvalue weighted by atomic mass is 9.92. The Morgan fingerprint density at radius 3 is 2.05 bits per heavy atom. The molecule has 0 rings (SSSR count). The molecule has 0 saturated carbocycles. The van der Waals surface area contributed by atoms with E-state index in [4.69, 9.17) is 4.74 Å². The molecule has 2 heteroatoms. The minimum Gasteiger partial charge on any atom is -0.463 e. The highest BCUT2D eigenvalue weighted by molar-refractivity contribution is 5.66. The van der Waals surface area contributed by atoms with E-state index in [2.05, 4.69) is 20.8 Å². The van der Waals surface area contributed by atoms with Gasteiger partial charge in [-0.25, -0.2) is 0 Å². The average molecular weight is 299 g/mol. The van der Waals surface area contributed by atoms with Crippen molar-refractivity contribution in [2.75, 3.05) is 0 Å². The summed E-state index contributed by atoms with van der Waals surface area (Å²) in [5, 5.41) is 0. The molecule has 21 heavy (non-hydrogen) atoms. The molecule has 0 spiro atoms. The largest absolute Gasteiger partial charge is 0.463 e. The lowest BCUT2D eigenvalue weighted by Crippen LogP contribution is -2.20. The van der Waals surface area contributed by atoms with Gasteiger partial charge in [0.05, 0.1) is 0 Å². The van der Waals surface area contributed by atoms with Crippen LogP contribution in [0.5, 0.6) is 0 Å². The minimum absolute atomic E-state index is 0.0522. The van der Waals surface area contributed by atoms with Crippen LogP contribution in [0.15, 0.2) is 0 Å². The van der Waals surface area contributed by atoms with Crippen molar-refractivity contribution < 1.29 is 9.53 Å². The molecule has 0 amide bonds. The molecule has 126 valence electrons. The molecular weight excluding hydrogens is 260 g/mol. The SMILES string of the molecule is CCCCCCCCC(C)CCC[C@H](C)C(C)OC(C)=O. The average Bonchev–Trinajstić information content (AvgIpc) is 2.41. The van der Waals surface area contributed by atoms with Gasteiger partial charge in [-0.2, -0.15) is 0 Å². The predicted molar refractivity (Wildman–Crippen MR) is 91.4 cm³/mol. The van der Waals surface area contributed by atoms with E-state index in [0.29, 0.717) is 5.92 Å². The van der Waals surface area contributed by atoms with Crippen LogP contribution < -0.4 is 0 Å². The lowest BCUT2D eigenvalue weighted by Gasteiger charge is -2.20. The third-order valence-corrected chi connectivity index (χ3v) is 4.56. The van der Waals surface area contributed by atoms with Gasteiger partial charge in [-0.15, -0.1) is 0 Å². The van der Waals surface area contributed by atoms with Crippen molar-refractivity contribution in [3.63, 3.8) is 0 Å². The van der Waals surface area contributed by atoms with Gasteiger partial charge in [-0.05, 0) is 25.2 Å². The Balaban J connectivity index is 3.51. The summed E-state index contributed by atoms with van der Waals surface area (Å²) in [6.07, 6.45) is 13.5. The van der Waals surface area contributed by atoms with Crippen LogP contribution in [-0.4, -0.2) is 12.1 Å². The molecule has 0 aliphatic heterocycles. The summed E-state index contributed by atoms with van der Waals surface area (Å²) in [6, 6.07) is 0. The van der Waals surface area contributed by atoms with Gasteiger partial charge in [0.25, 0.3) is 0 Å². The van der Waals surface area contributed by atoms with E-state index >= 15 is 0 Å². The summed E-state index contributed by atoms with van der Waals surface area (Å²) in [6.45, 7) is 10.3. The molecule has 0 saturated heterocycles. The van der Waals surface area contributed by atoms with Gasteiger partial charge in [-0.3, -0.25) is 4.79 Å². The molecular formula is C19H38O2. The van der Waals surface area contributed by atoms with E-state index in [1.165, 1.54) is 64.7 Å². The second-order valence-electron chi connectivity index (χ2n) is 6.88. The first kappa shape index (κ1) is 20.5. The number of ether oxygens (including phenoxy) is 1. The maximum absolute atomic E-state index is 10.9. The summed E-state index contributed by atoms with van der Waals surface area (Å²) in [4.78, 5) is 10.9. The molecule has 0 aromatic carbocycles. The second-order valence-corrected chi connectivity index (χ2v) is 6.88. The smallest absolute Gasteiger partial charge is 0.302 e. The van der Waals surface area contributed by atoms with Gasteiger partial charge in [0.15, 0.2) is 0 Å². The van der Waals surface area contributed by atoms with Crippen LogP contribution in [0.4, 0.5) is 0 Å². The van der Waals surface area contributed by atoms with Gasteiger partial charge in [0.2, 0.25) is 0 Å². The maximum atomic E-state index is 10.9. The Labute approximate surface area is 133 Å². The van der Waals surface area contributed by atoms with Crippen LogP contribution in [0.3, 0.4) is 0 Å². The first-order valence-electron chi connectivity index (χ1n) is 9.14. The minimum atomic E-state index is -0.161. The van der Waals surface area contributed by atoms with Crippen LogP contribution in [0.25, 0.3) is 0 Å². The fourth-order valence-electron chi connectivity index (χ4n) is 2.82. The molecule has 0 heterocycles. The van der Waals surface area contributed by atoms with Crippen LogP contribution in [0.1, 0.15) is 98.8 Å². The predicted octanol–water partition coefficient (Wildman–Crippen LogP) is 6.13. The van der Waals surface area contributed by atoms with Crippen molar-refractivity contribution in [1.29, 1.82) is 0 Å². The first-order valence-corrected chi connectivity index (χ1v) is 9.14. The third kappa shape index (κ3) is 12.9. The summed E-state index contributed by atoms with van der Waals surface area (Å²) in [7, 11) is 0. The summed E-state index contributed by atoms with van der Waals surface area (Å²) in [5.41, 5.74) is 0. The standard InChI is InChI=1S/C19H38O2/c1-6-7-8-9-10-11-13-16(2)14-12-15-17(3)18(4)21-19(5)20/h16-18H,6-15H2,1-5H3/t16?,17-,18?/m0/s1. The van der Waals surface area contributed by atoms with Gasteiger partial charge in [0.1, 0.15) is 6.10 Å². The Morgan fingerprint density at radius 2 is 1.43 bits per heavy atom. The molecule has 0 fully saturated rings. The van der Waals surface area contributed by atoms with Crippen LogP contribution in [0, 0.1) is 11.8 Å². The van der Waals surface area contributed by atoms with E-state index in [1.807, 2.05) is 6.92 Å². The fourth-order valence-corrected chi connectivity index (χ4v) is 2.82. The Hall–Kier alpha value is -0.530. The quantitative estimate of drug-likeness (QED) is 0.302. The number of rotatable bonds is 13. The van der Waals surface area contributed by atoms with Crippen LogP contribution in [0.2, 0.25) is 0 Å². The topological polar surface area (TPSA) is 26.3 Å². The molecule has 2 unspecified atom stereocenters. The molecule has 0 bridgehead atoms. The number of carbonyl (C=O) groups excluding carboxylic acids is 1. The molecule has 3 atom stereocenters. The highest BCUT2D eigenvalue weighted by Gasteiger charge is 2.15. The van der Waals surface area contributed by atoms with Crippen LogP contribution >= 0.6 is 0 Å². The Morgan fingerprint density at radius 1 is 0.857 bits per heavy atom. The van der Waals surface area contributed by atoms with E-state index in [0.717, 1.165) is 12.3 Å². The first-order chi connectivity index (χ1) is 9.97. The summed E-state index contributed by atoms with van der Waals surface area (Å²) >= 11 is 0. The zero-order chi connectivity index (χ0) is 16.1. The van der Waals surface area contributed by atoms with Crippen molar-refractivity contribution in [2.45, 2.75) is 105 Å². The number of esters is 1. The van der Waals surface area contributed by atoms with E-state index in [1.54, 1.807) is 0 Å². The third-order valence-electron chi connectivity index (χ3n) is 4.56. The number of unbranched alkanes of at least 4 members (excludes halogenated alkanes) is 5. The number of hydrogen-bond acceptors (Lipinski definition) is 2. The van der Waals surface area contributed by atoms with E-state index < -0.39 is 0 Å². The summed E-state index contributed by atoms with van der Waals surface area (Å²) in [5.74, 6) is 1.15. The van der Waals surface area contributed by atoms with Crippen molar-refractivity contribution in [2.24, 2.45) is 11.8 Å². The summed E-state index contributed by atoms with van der Waals surface area (Å²) < 4.78 is 5.24. The zero-order valence-electron chi connectivity index (χ0n) is 15.1. The highest BCUT2D eigenvalue weighted by Crippen LogP contribution is 2.21. The molecule has 0 aliphatic rings. The van der Waals surface area contributed by atoms with Crippen LogP contribution in [-0.2, 0) is 9.53 Å². The molecule has 0 aliphatic carbocycles. The molecule has 0 aromatic heterocycles. The second kappa shape index (κ2) is 13.2. The van der Waals surface area contributed by atoms with Gasteiger partial charge in [0, 0.05) is 6.92 Å². The van der Waals surface area contributed by atoms with Gasteiger partial charge >= 0.3 is 5.97 Å². The van der Waals surface area contributed by atoms with Crippen molar-refractivity contribution >= 4 is 5.97 Å². The fraction of sp³-hybridized carbons (Fsp3) is 0.947. The van der Waals surface area contributed by atoms with E-state index in [-0.39, 0.29) is 12.1 Å². The molecule has 2 nitrogen and oxygen atoms in total. The highest BCUT2D eigenvalue weighted by atomic mass is 16.5. The molecule has 0 aromatic rings. The van der Waals surface area contributed by atoms with Gasteiger partial charge in [-0.1, -0.05) is 78.6 Å². The zero-order valence-corrected chi connectivity index (χ0v) is 15.1. The van der Waals surface area contributed by atoms with E-state index in [9.17, 15) is 4.79 Å². The van der Waals surface area contributed by atoms with Crippen molar-refractivity contribution in [3.05, 3.63) is 0 Å². The number of hydrogen-bond donors (Lipinski definition) is 0. The molecule has 0 radical (unpaired) electrons. The normalized spacial score (nSPS) is 15.5. The lowest BCUT2D eigenvalue weighted by molar-refractivity contribution is -0.147. The molecule has 0 N–H and O–H groups in total.